The molecule has 6 heteroatoms. The van der Waals surface area contributed by atoms with Crippen LogP contribution >= 0.6 is 0 Å². The van der Waals surface area contributed by atoms with Gasteiger partial charge in [0.25, 0.3) is 0 Å². The Bertz CT molecular complexity index is 463. The summed E-state index contributed by atoms with van der Waals surface area (Å²) in [6.07, 6.45) is 0.826. The van der Waals surface area contributed by atoms with Crippen LogP contribution in [0.1, 0.15) is 18.9 Å². The smallest absolute Gasteiger partial charge is 0.230 e. The molecule has 5 nitrogen and oxygen atoms in total. The summed E-state index contributed by atoms with van der Waals surface area (Å²) in [7, 11) is 0. The summed E-state index contributed by atoms with van der Waals surface area (Å²) >= 11 is 0. The Kier molecular flexibility index (Phi) is 5.78. The van der Waals surface area contributed by atoms with Gasteiger partial charge >= 0.3 is 0 Å². The van der Waals surface area contributed by atoms with Crippen LogP contribution in [0.25, 0.3) is 0 Å². The minimum atomic E-state index is -0.661. The molecule has 1 atom stereocenters. The number of halogens is 1. The van der Waals surface area contributed by atoms with Crippen LogP contribution in [0.2, 0.25) is 0 Å². The average molecular weight is 267 g/mol. The fraction of sp³-hybridized carbons (Fsp3) is 0.385. The number of amides is 1. The van der Waals surface area contributed by atoms with Crippen molar-refractivity contribution in [1.29, 1.82) is 0 Å². The van der Waals surface area contributed by atoms with Gasteiger partial charge in [0.05, 0.1) is 5.92 Å². The molecule has 1 amide bonds. The molecule has 0 radical (unpaired) electrons. The van der Waals surface area contributed by atoms with E-state index in [-0.39, 0.29) is 17.6 Å². The fourth-order valence-electron chi connectivity index (χ4n) is 1.74. The van der Waals surface area contributed by atoms with Crippen molar-refractivity contribution in [2.45, 2.75) is 19.8 Å². The molecule has 0 heterocycles. The van der Waals surface area contributed by atoms with Gasteiger partial charge in [-0.3, -0.25) is 4.79 Å². The Balaban J connectivity index is 2.49. The molecule has 1 unspecified atom stereocenters. The highest BCUT2D eigenvalue weighted by Gasteiger charge is 2.20. The third-order valence-corrected chi connectivity index (χ3v) is 2.85. The average Bonchev–Trinajstić information content (AvgIpc) is 2.41. The number of nitrogens with two attached hydrogens (primary N) is 1. The predicted molar refractivity (Wildman–Crippen MR) is 70.3 cm³/mol. The number of nitrogens with zero attached hydrogens (tertiary/aromatic N) is 1. The molecule has 4 N–H and O–H groups in total. The van der Waals surface area contributed by atoms with Crippen LogP contribution in [0.15, 0.2) is 29.4 Å². The Morgan fingerprint density at radius 2 is 2.21 bits per heavy atom. The minimum absolute atomic E-state index is 0.120. The molecule has 0 aliphatic carbocycles. The van der Waals surface area contributed by atoms with Gasteiger partial charge in [-0.05, 0) is 24.5 Å². The van der Waals surface area contributed by atoms with E-state index in [4.69, 9.17) is 10.9 Å². The lowest BCUT2D eigenvalue weighted by atomic mass is 10.0. The van der Waals surface area contributed by atoms with Crippen molar-refractivity contribution in [3.05, 3.63) is 35.6 Å². The van der Waals surface area contributed by atoms with E-state index < -0.39 is 5.92 Å². The van der Waals surface area contributed by atoms with Crippen LogP contribution < -0.4 is 11.1 Å². The molecule has 19 heavy (non-hydrogen) atoms. The van der Waals surface area contributed by atoms with Crippen molar-refractivity contribution < 1.29 is 14.4 Å². The molecular weight excluding hydrogens is 249 g/mol. The van der Waals surface area contributed by atoms with Gasteiger partial charge in [0.15, 0.2) is 5.84 Å². The highest BCUT2D eigenvalue weighted by molar-refractivity contribution is 6.01. The zero-order valence-corrected chi connectivity index (χ0v) is 10.8. The highest BCUT2D eigenvalue weighted by atomic mass is 19.1. The van der Waals surface area contributed by atoms with Crippen LogP contribution in [-0.4, -0.2) is 23.5 Å². The van der Waals surface area contributed by atoms with Crippen LogP contribution in [-0.2, 0) is 11.2 Å². The van der Waals surface area contributed by atoms with Gasteiger partial charge in [0.1, 0.15) is 5.82 Å². The maximum atomic E-state index is 13.3. The normalized spacial score (nSPS) is 13.1. The highest BCUT2D eigenvalue weighted by Crippen LogP contribution is 2.07. The monoisotopic (exact) mass is 267 g/mol. The van der Waals surface area contributed by atoms with Crippen LogP contribution in [0.4, 0.5) is 4.39 Å². The second-order valence-electron chi connectivity index (χ2n) is 4.12. The van der Waals surface area contributed by atoms with Crippen molar-refractivity contribution in [1.82, 2.24) is 5.32 Å². The molecule has 0 aliphatic rings. The van der Waals surface area contributed by atoms with E-state index in [2.05, 4.69) is 10.5 Å². The van der Waals surface area contributed by atoms with Crippen molar-refractivity contribution in [3.8, 4) is 0 Å². The lowest BCUT2D eigenvalue weighted by Gasteiger charge is -2.13. The zero-order valence-electron chi connectivity index (χ0n) is 10.8. The largest absolute Gasteiger partial charge is 0.409 e. The first-order valence-electron chi connectivity index (χ1n) is 6.08. The molecular formula is C13H18FN3O2. The fourth-order valence-corrected chi connectivity index (χ4v) is 1.74. The molecule has 0 bridgehead atoms. The maximum absolute atomic E-state index is 13.3. The van der Waals surface area contributed by atoms with Crippen molar-refractivity contribution in [3.63, 3.8) is 0 Å². The topological polar surface area (TPSA) is 87.7 Å². The minimum Gasteiger partial charge on any atom is -0.409 e. The predicted octanol–water partition coefficient (Wildman–Crippen LogP) is 1.26. The Morgan fingerprint density at radius 3 is 2.79 bits per heavy atom. The third kappa shape index (κ3) is 4.24. The van der Waals surface area contributed by atoms with E-state index in [0.717, 1.165) is 0 Å². The van der Waals surface area contributed by atoms with Crippen LogP contribution in [0.5, 0.6) is 0 Å². The summed E-state index contributed by atoms with van der Waals surface area (Å²) in [6, 6.07) is 6.40. The first kappa shape index (κ1) is 14.9. The van der Waals surface area contributed by atoms with Crippen molar-refractivity contribution in [2.24, 2.45) is 16.8 Å². The molecule has 0 aliphatic heterocycles. The SMILES string of the molecule is CCC(C(=O)NCCc1ccccc1F)C(N)=NO. The molecule has 1 aromatic carbocycles. The van der Waals surface area contributed by atoms with Crippen molar-refractivity contribution in [2.75, 3.05) is 6.54 Å². The van der Waals surface area contributed by atoms with Gasteiger partial charge in [-0.2, -0.15) is 0 Å². The van der Waals surface area contributed by atoms with E-state index in [1.165, 1.54) is 6.07 Å². The third-order valence-electron chi connectivity index (χ3n) is 2.85. The summed E-state index contributed by atoms with van der Waals surface area (Å²) in [4.78, 5) is 11.8. The number of rotatable bonds is 6. The summed E-state index contributed by atoms with van der Waals surface area (Å²) < 4.78 is 13.3. The van der Waals surface area contributed by atoms with E-state index in [9.17, 15) is 9.18 Å². The summed E-state index contributed by atoms with van der Waals surface area (Å²) in [5.74, 6) is -1.40. The van der Waals surface area contributed by atoms with E-state index >= 15 is 0 Å². The number of hydrogen-bond donors (Lipinski definition) is 3. The van der Waals surface area contributed by atoms with Gasteiger partial charge in [-0.1, -0.05) is 30.3 Å². The second kappa shape index (κ2) is 7.35. The Hall–Kier alpha value is -2.11. The first-order valence-corrected chi connectivity index (χ1v) is 6.08. The first-order chi connectivity index (χ1) is 9.10. The Morgan fingerprint density at radius 1 is 1.53 bits per heavy atom. The number of carbonyl (C=O) groups is 1. The van der Waals surface area contributed by atoms with Gasteiger partial charge in [-0.15, -0.1) is 0 Å². The molecule has 1 rings (SSSR count). The van der Waals surface area contributed by atoms with Crippen LogP contribution in [0, 0.1) is 11.7 Å². The number of nitrogens with one attached hydrogen (secondary N) is 1. The molecule has 0 saturated heterocycles. The molecule has 0 fully saturated rings. The molecule has 0 aromatic heterocycles. The number of oxime groups is 1. The quantitative estimate of drug-likeness (QED) is 0.314. The molecule has 0 saturated carbocycles. The maximum Gasteiger partial charge on any atom is 0.230 e. The lowest BCUT2D eigenvalue weighted by Crippen LogP contribution is -2.39. The molecule has 0 spiro atoms. The van der Waals surface area contributed by atoms with E-state index in [0.29, 0.717) is 24.9 Å². The number of amidine groups is 1. The van der Waals surface area contributed by atoms with Crippen molar-refractivity contribution >= 4 is 11.7 Å². The second-order valence-corrected chi connectivity index (χ2v) is 4.12. The van der Waals surface area contributed by atoms with Gasteiger partial charge in [0, 0.05) is 6.54 Å². The standard InChI is InChI=1S/C13H18FN3O2/c1-2-10(12(15)17-19)13(18)16-8-7-9-5-3-4-6-11(9)14/h3-6,10,19H,2,7-8H2,1H3,(H2,15,17)(H,16,18). The lowest BCUT2D eigenvalue weighted by molar-refractivity contribution is -0.123. The summed E-state index contributed by atoms with van der Waals surface area (Å²) in [5.41, 5.74) is 5.96. The van der Waals surface area contributed by atoms with Gasteiger partial charge in [0.2, 0.25) is 5.91 Å². The van der Waals surface area contributed by atoms with Gasteiger partial charge in [-0.25, -0.2) is 4.39 Å². The number of carbonyl (C=O) groups excluding carboxylic acids is 1. The zero-order chi connectivity index (χ0) is 14.3. The van der Waals surface area contributed by atoms with Crippen LogP contribution in [0.3, 0.4) is 0 Å². The molecule has 1 aromatic rings. The van der Waals surface area contributed by atoms with E-state index in [1.807, 2.05) is 0 Å². The number of benzene rings is 1. The van der Waals surface area contributed by atoms with E-state index in [1.54, 1.807) is 25.1 Å². The summed E-state index contributed by atoms with van der Waals surface area (Å²) in [5, 5.41) is 14.0. The Labute approximate surface area is 111 Å². The van der Waals surface area contributed by atoms with Gasteiger partial charge < -0.3 is 16.3 Å². The molecule has 104 valence electrons. The summed E-state index contributed by atoms with van der Waals surface area (Å²) in [6.45, 7) is 2.06. The number of hydrogen-bond acceptors (Lipinski definition) is 3.